The Kier molecular flexibility index (Phi) is 2.95. The quantitative estimate of drug-likeness (QED) is 0.778. The lowest BCUT2D eigenvalue weighted by Gasteiger charge is -2.45. The van der Waals surface area contributed by atoms with Crippen LogP contribution in [0.15, 0.2) is 29.2 Å². The highest BCUT2D eigenvalue weighted by Crippen LogP contribution is 2.76. The molecule has 4 atom stereocenters. The molecule has 0 amide bonds. The fraction of sp³-hybridized carbons (Fsp3) is 0.619. The summed E-state index contributed by atoms with van der Waals surface area (Å²) in [6, 6.07) is 6.65. The zero-order valence-corrected chi connectivity index (χ0v) is 16.9. The monoisotopic (exact) mass is 388 g/mol. The molecule has 2 bridgehead atoms. The van der Waals surface area contributed by atoms with Gasteiger partial charge in [-0.15, -0.1) is 0 Å². The molecule has 0 unspecified atom stereocenters. The molecular formula is C21H24O5S. The van der Waals surface area contributed by atoms with Gasteiger partial charge in [0.15, 0.2) is 26.2 Å². The molecule has 2 aliphatic carbocycles. The fourth-order valence-corrected chi connectivity index (χ4v) is 9.06. The summed E-state index contributed by atoms with van der Waals surface area (Å²) in [5.41, 5.74) is -1.96. The second-order valence-electron chi connectivity index (χ2n) is 9.59. The average Bonchev–Trinajstić information content (AvgIpc) is 3.26. The summed E-state index contributed by atoms with van der Waals surface area (Å²) >= 11 is 0. The summed E-state index contributed by atoms with van der Waals surface area (Å²) in [6.45, 7) is 7.20. The predicted octanol–water partition coefficient (Wildman–Crippen LogP) is 2.64. The summed E-state index contributed by atoms with van der Waals surface area (Å²) in [5.74, 6) is -0.894. The Morgan fingerprint density at radius 2 is 1.63 bits per heavy atom. The van der Waals surface area contributed by atoms with Crippen LogP contribution in [0.25, 0.3) is 0 Å². The minimum Gasteiger partial charge on any atom is -0.361 e. The van der Waals surface area contributed by atoms with Crippen molar-refractivity contribution in [2.75, 3.05) is 0 Å². The molecule has 0 N–H and O–H groups in total. The molecular weight excluding hydrogens is 364 g/mol. The normalized spacial score (nSPS) is 40.6. The lowest BCUT2D eigenvalue weighted by Crippen LogP contribution is -2.67. The van der Waals surface area contributed by atoms with E-state index in [0.29, 0.717) is 19.3 Å². The van der Waals surface area contributed by atoms with Gasteiger partial charge in [-0.25, -0.2) is 8.42 Å². The number of Topliss-reactive ketones (excluding diaryl/α,β-unsaturated/α-hetero) is 2. The third kappa shape index (κ3) is 1.58. The summed E-state index contributed by atoms with van der Waals surface area (Å²) in [7, 11) is -4.04. The molecule has 27 heavy (non-hydrogen) atoms. The highest BCUT2D eigenvalue weighted by molar-refractivity contribution is 7.93. The van der Waals surface area contributed by atoms with Gasteiger partial charge in [0.1, 0.15) is 11.7 Å². The van der Waals surface area contributed by atoms with Gasteiger partial charge in [0, 0.05) is 11.3 Å². The lowest BCUT2D eigenvalue weighted by molar-refractivity contribution is -0.133. The maximum atomic E-state index is 14.1. The van der Waals surface area contributed by atoms with E-state index in [9.17, 15) is 18.0 Å². The Morgan fingerprint density at radius 3 is 2.19 bits per heavy atom. The molecule has 1 aromatic carbocycles. The van der Waals surface area contributed by atoms with Crippen LogP contribution in [0.2, 0.25) is 0 Å². The maximum absolute atomic E-state index is 14.1. The molecule has 0 aromatic heterocycles. The van der Waals surface area contributed by atoms with Crippen molar-refractivity contribution in [1.29, 1.82) is 0 Å². The Morgan fingerprint density at radius 1 is 1.04 bits per heavy atom. The van der Waals surface area contributed by atoms with E-state index in [1.54, 1.807) is 45.0 Å². The zero-order chi connectivity index (χ0) is 19.6. The van der Waals surface area contributed by atoms with Crippen LogP contribution in [0.3, 0.4) is 0 Å². The number of ketones is 2. The zero-order valence-electron chi connectivity index (χ0n) is 16.0. The number of benzene rings is 1. The molecule has 4 aliphatic rings. The highest BCUT2D eigenvalue weighted by atomic mass is 32.2. The van der Waals surface area contributed by atoms with Crippen molar-refractivity contribution in [3.63, 3.8) is 0 Å². The third-order valence-corrected chi connectivity index (χ3v) is 10.4. The van der Waals surface area contributed by atoms with Crippen LogP contribution < -0.4 is 0 Å². The second kappa shape index (κ2) is 4.54. The van der Waals surface area contributed by atoms with Gasteiger partial charge in [0.05, 0.1) is 10.3 Å². The molecule has 0 radical (unpaired) electrons. The summed E-state index contributed by atoms with van der Waals surface area (Å²) in [5, 5.41) is 0. The Labute approximate surface area is 159 Å². The Bertz CT molecular complexity index is 1000. The van der Waals surface area contributed by atoms with Crippen molar-refractivity contribution >= 4 is 21.4 Å². The standard InChI is InChI=1S/C21H24O5S/c1-12-5-7-13(8-6-12)27(24,25)21-14(11-18(2,3)17(21)23)15-16(22)20(9-10-20)19(21,4)26-15/h5-8,14-15H,9-11H2,1-4H3/t14-,15+,19+,21-/m0/s1. The molecule has 2 saturated heterocycles. The van der Waals surface area contributed by atoms with Crippen molar-refractivity contribution in [1.82, 2.24) is 0 Å². The number of carbonyl (C=O) groups excluding carboxylic acids is 2. The first-order chi connectivity index (χ1) is 12.5. The van der Waals surface area contributed by atoms with E-state index in [-0.39, 0.29) is 16.5 Å². The first kappa shape index (κ1) is 17.6. The number of aryl methyl sites for hydroxylation is 1. The summed E-state index contributed by atoms with van der Waals surface area (Å²) in [4.78, 5) is 26.9. The van der Waals surface area contributed by atoms with E-state index in [1.807, 2.05) is 6.92 Å². The molecule has 5 nitrogen and oxygen atoms in total. The van der Waals surface area contributed by atoms with Crippen LogP contribution in [0, 0.1) is 23.7 Å². The SMILES string of the molecule is Cc1ccc(S(=O)(=O)[C@]23C(=O)C(C)(C)C[C@H]2[C@H]2O[C@]3(C)C3(CC3)C2=O)cc1. The maximum Gasteiger partial charge on any atom is 0.194 e. The number of rotatable bonds is 2. The lowest BCUT2D eigenvalue weighted by atomic mass is 9.64. The third-order valence-electron chi connectivity index (χ3n) is 7.79. The van der Waals surface area contributed by atoms with Crippen LogP contribution in [0.4, 0.5) is 0 Å². The van der Waals surface area contributed by atoms with Crippen LogP contribution in [0.5, 0.6) is 0 Å². The number of ether oxygens (including phenoxy) is 1. The summed E-state index contributed by atoms with van der Waals surface area (Å²) < 4.78 is 32.6. The number of hydrogen-bond acceptors (Lipinski definition) is 5. The van der Waals surface area contributed by atoms with Crippen molar-refractivity contribution in [3.05, 3.63) is 29.8 Å². The predicted molar refractivity (Wildman–Crippen MR) is 97.9 cm³/mol. The molecule has 144 valence electrons. The molecule has 2 heterocycles. The van der Waals surface area contributed by atoms with Crippen molar-refractivity contribution in [2.45, 2.75) is 68.3 Å². The average molecular weight is 388 g/mol. The van der Waals surface area contributed by atoms with Gasteiger partial charge in [-0.2, -0.15) is 0 Å². The first-order valence-electron chi connectivity index (χ1n) is 9.54. The van der Waals surface area contributed by atoms with Crippen LogP contribution in [0.1, 0.15) is 45.6 Å². The van der Waals surface area contributed by atoms with Crippen LogP contribution in [-0.2, 0) is 24.2 Å². The first-order valence-corrected chi connectivity index (χ1v) is 11.0. The number of carbonyl (C=O) groups is 2. The number of hydrogen-bond donors (Lipinski definition) is 0. The molecule has 5 rings (SSSR count). The van der Waals surface area contributed by atoms with Gasteiger partial charge in [0.25, 0.3) is 0 Å². The molecule has 2 aliphatic heterocycles. The van der Waals surface area contributed by atoms with Gasteiger partial charge in [-0.3, -0.25) is 9.59 Å². The van der Waals surface area contributed by atoms with E-state index < -0.39 is 43.0 Å². The minimum atomic E-state index is -4.04. The summed E-state index contributed by atoms with van der Waals surface area (Å²) in [6.07, 6.45) is 0.775. The van der Waals surface area contributed by atoms with Gasteiger partial charge in [0.2, 0.25) is 0 Å². The second-order valence-corrected chi connectivity index (χ2v) is 11.7. The van der Waals surface area contributed by atoms with E-state index in [1.165, 1.54) is 0 Å². The highest BCUT2D eigenvalue weighted by Gasteiger charge is 2.91. The Hall–Kier alpha value is -1.53. The number of fused-ring (bicyclic) bond motifs is 6. The van der Waals surface area contributed by atoms with Crippen molar-refractivity contribution in [3.8, 4) is 0 Å². The smallest absolute Gasteiger partial charge is 0.194 e. The van der Waals surface area contributed by atoms with Crippen LogP contribution >= 0.6 is 0 Å². The fourth-order valence-electron chi connectivity index (χ4n) is 6.31. The van der Waals surface area contributed by atoms with Gasteiger partial charge >= 0.3 is 0 Å². The van der Waals surface area contributed by atoms with Gasteiger partial charge in [-0.1, -0.05) is 31.5 Å². The Balaban J connectivity index is 1.82. The molecule has 6 heteroatoms. The van der Waals surface area contributed by atoms with E-state index in [0.717, 1.165) is 5.56 Å². The van der Waals surface area contributed by atoms with E-state index >= 15 is 0 Å². The molecule has 1 spiro atoms. The number of sulfone groups is 1. The molecule has 2 saturated carbocycles. The minimum absolute atomic E-state index is 0.00947. The molecule has 1 aromatic rings. The van der Waals surface area contributed by atoms with Crippen molar-refractivity contribution < 1.29 is 22.7 Å². The largest absolute Gasteiger partial charge is 0.361 e. The molecule has 4 fully saturated rings. The van der Waals surface area contributed by atoms with E-state index in [2.05, 4.69) is 0 Å². The van der Waals surface area contributed by atoms with Crippen molar-refractivity contribution in [2.24, 2.45) is 16.7 Å². The van der Waals surface area contributed by atoms with E-state index in [4.69, 9.17) is 4.74 Å². The van der Waals surface area contributed by atoms with Gasteiger partial charge < -0.3 is 4.74 Å². The van der Waals surface area contributed by atoms with Crippen LogP contribution in [-0.4, -0.2) is 36.4 Å². The van der Waals surface area contributed by atoms with Gasteiger partial charge in [-0.05, 0) is 45.2 Å². The topological polar surface area (TPSA) is 77.5 Å².